The zero-order valence-corrected chi connectivity index (χ0v) is 12.5. The first kappa shape index (κ1) is 18.7. The quantitative estimate of drug-likeness (QED) is 0.609. The molecule has 4 radical (unpaired) electrons. The van der Waals surface area contributed by atoms with Gasteiger partial charge in [-0.15, -0.1) is 0 Å². The van der Waals surface area contributed by atoms with Gasteiger partial charge >= 0.3 is 0 Å². The van der Waals surface area contributed by atoms with Gasteiger partial charge in [-0.1, -0.05) is 26.8 Å². The van der Waals surface area contributed by atoms with Crippen molar-refractivity contribution in [1.82, 2.24) is 0 Å². The van der Waals surface area contributed by atoms with Crippen LogP contribution in [0.1, 0.15) is 43.6 Å². The van der Waals surface area contributed by atoms with E-state index in [1.54, 1.807) is 14.0 Å². The summed E-state index contributed by atoms with van der Waals surface area (Å²) >= 11 is 0. The van der Waals surface area contributed by atoms with E-state index in [9.17, 15) is 4.79 Å². The molecule has 0 saturated heterocycles. The second-order valence-electron chi connectivity index (χ2n) is 4.72. The molecule has 0 N–H and O–H groups in total. The van der Waals surface area contributed by atoms with Crippen LogP contribution >= 0.6 is 0 Å². The van der Waals surface area contributed by atoms with E-state index in [0.29, 0.717) is 11.3 Å². The fourth-order valence-electron chi connectivity index (χ4n) is 1.45. The summed E-state index contributed by atoms with van der Waals surface area (Å²) in [5.74, 6) is 0.688. The van der Waals surface area contributed by atoms with Crippen LogP contribution in [-0.4, -0.2) is 21.3 Å². The molecule has 0 aliphatic rings. The maximum atomic E-state index is 11.4. The summed E-state index contributed by atoms with van der Waals surface area (Å²) in [6, 6.07) is 5.78. The number of methoxy groups -OCH3 is 1. The number of hydrogen-bond acceptors (Lipinski definition) is 2. The molecular formula is C13H18BO2V. The fraction of sp³-hybridized carbons (Fsp3) is 0.462. The average molecular weight is 268 g/mol. The molecule has 1 aromatic carbocycles. The van der Waals surface area contributed by atoms with Gasteiger partial charge in [0.1, 0.15) is 5.75 Å². The fourth-order valence-corrected chi connectivity index (χ4v) is 1.45. The smallest absolute Gasteiger partial charge is 0.163 e. The Morgan fingerprint density at radius 2 is 1.76 bits per heavy atom. The third-order valence-corrected chi connectivity index (χ3v) is 2.44. The van der Waals surface area contributed by atoms with E-state index in [2.05, 4.69) is 20.8 Å². The molecule has 0 fully saturated rings. The zero-order chi connectivity index (χ0) is 11.6. The molecule has 0 amide bonds. The zero-order valence-electron chi connectivity index (χ0n) is 11.1. The number of ether oxygens (including phenoxy) is 1. The predicted octanol–water partition coefficient (Wildman–Crippen LogP) is 2.81. The molecule has 2 nitrogen and oxygen atoms in total. The van der Waals surface area contributed by atoms with Gasteiger partial charge in [0, 0.05) is 27.0 Å². The molecule has 0 bridgehead atoms. The molecular weight excluding hydrogens is 250 g/mol. The SMILES string of the molecule is COc1ccc(C(C)(C)C)cc1C(C)=O.[B].[V]. The maximum Gasteiger partial charge on any atom is 0.163 e. The van der Waals surface area contributed by atoms with Gasteiger partial charge in [0.2, 0.25) is 0 Å². The van der Waals surface area contributed by atoms with Crippen LogP contribution in [0.5, 0.6) is 5.75 Å². The first-order valence-electron chi connectivity index (χ1n) is 5.05. The Bertz CT molecular complexity index is 383. The average Bonchev–Trinajstić information content (AvgIpc) is 2.15. The second kappa shape index (κ2) is 6.93. The van der Waals surface area contributed by atoms with Crippen LogP contribution in [0.15, 0.2) is 18.2 Å². The summed E-state index contributed by atoms with van der Waals surface area (Å²) in [6.07, 6.45) is 0. The summed E-state index contributed by atoms with van der Waals surface area (Å²) in [5.41, 5.74) is 1.86. The number of ketones is 1. The molecule has 90 valence electrons. The molecule has 0 saturated carbocycles. The van der Waals surface area contributed by atoms with E-state index in [4.69, 9.17) is 4.74 Å². The van der Waals surface area contributed by atoms with Crippen LogP contribution in [-0.2, 0) is 24.0 Å². The van der Waals surface area contributed by atoms with Gasteiger partial charge in [0.05, 0.1) is 12.7 Å². The third kappa shape index (κ3) is 4.61. The van der Waals surface area contributed by atoms with E-state index < -0.39 is 0 Å². The van der Waals surface area contributed by atoms with Crippen LogP contribution in [0, 0.1) is 0 Å². The topological polar surface area (TPSA) is 26.3 Å². The van der Waals surface area contributed by atoms with Gasteiger partial charge in [-0.3, -0.25) is 4.79 Å². The minimum Gasteiger partial charge on any atom is -0.496 e. The van der Waals surface area contributed by atoms with Gasteiger partial charge in [-0.25, -0.2) is 0 Å². The Labute approximate surface area is 118 Å². The molecule has 0 aliphatic heterocycles. The summed E-state index contributed by atoms with van der Waals surface area (Å²) in [6.45, 7) is 7.93. The number of carbonyl (C=O) groups is 1. The van der Waals surface area contributed by atoms with Crippen molar-refractivity contribution in [3.05, 3.63) is 29.3 Å². The molecule has 0 heterocycles. The Balaban J connectivity index is 0. The Morgan fingerprint density at radius 3 is 2.12 bits per heavy atom. The van der Waals surface area contributed by atoms with Crippen LogP contribution in [0.2, 0.25) is 0 Å². The van der Waals surface area contributed by atoms with E-state index in [1.165, 1.54) is 0 Å². The first-order valence-corrected chi connectivity index (χ1v) is 5.05. The van der Waals surface area contributed by atoms with Crippen molar-refractivity contribution in [2.75, 3.05) is 7.11 Å². The van der Waals surface area contributed by atoms with Crippen molar-refractivity contribution in [3.63, 3.8) is 0 Å². The van der Waals surface area contributed by atoms with Crippen LogP contribution in [0.4, 0.5) is 0 Å². The molecule has 4 heteroatoms. The number of carbonyl (C=O) groups excluding carboxylic acids is 1. The number of rotatable bonds is 2. The van der Waals surface area contributed by atoms with Crippen LogP contribution < -0.4 is 4.74 Å². The molecule has 0 atom stereocenters. The van der Waals surface area contributed by atoms with Crippen molar-refractivity contribution in [1.29, 1.82) is 0 Å². The standard InChI is InChI=1S/C13H18O2.B.V/c1-9(14)11-8-10(13(2,3)4)6-7-12(11)15-5;;/h6-8H,1-5H3;;. The van der Waals surface area contributed by atoms with Crippen LogP contribution in [0.3, 0.4) is 0 Å². The predicted molar refractivity (Wildman–Crippen MR) is 67.5 cm³/mol. The Morgan fingerprint density at radius 1 is 1.24 bits per heavy atom. The molecule has 0 unspecified atom stereocenters. The third-order valence-electron chi connectivity index (χ3n) is 2.44. The Hall–Kier alpha value is -0.661. The summed E-state index contributed by atoms with van der Waals surface area (Å²) in [7, 11) is 1.58. The van der Waals surface area contributed by atoms with Gasteiger partial charge in [0.25, 0.3) is 0 Å². The normalized spacial score (nSPS) is 9.94. The molecule has 0 spiro atoms. The molecule has 0 aromatic heterocycles. The van der Waals surface area contributed by atoms with Gasteiger partial charge in [0.15, 0.2) is 5.78 Å². The van der Waals surface area contributed by atoms with Crippen LogP contribution in [0.25, 0.3) is 0 Å². The molecule has 17 heavy (non-hydrogen) atoms. The van der Waals surface area contributed by atoms with E-state index in [-0.39, 0.29) is 38.2 Å². The summed E-state index contributed by atoms with van der Waals surface area (Å²) < 4.78 is 5.15. The van der Waals surface area contributed by atoms with Crippen molar-refractivity contribution in [2.24, 2.45) is 0 Å². The van der Waals surface area contributed by atoms with E-state index >= 15 is 0 Å². The van der Waals surface area contributed by atoms with E-state index in [0.717, 1.165) is 5.56 Å². The summed E-state index contributed by atoms with van der Waals surface area (Å²) in [4.78, 5) is 11.4. The van der Waals surface area contributed by atoms with Crippen molar-refractivity contribution >= 4 is 14.2 Å². The van der Waals surface area contributed by atoms with E-state index in [1.807, 2.05) is 18.2 Å². The number of hydrogen-bond donors (Lipinski definition) is 0. The van der Waals surface area contributed by atoms with Gasteiger partial charge in [-0.05, 0) is 30.0 Å². The van der Waals surface area contributed by atoms with Gasteiger partial charge < -0.3 is 4.74 Å². The Kier molecular flexibility index (Phi) is 7.62. The first-order chi connectivity index (χ1) is 6.86. The molecule has 1 rings (SSSR count). The number of Topliss-reactive ketones (excluding diaryl/α,β-unsaturated/α-hetero) is 1. The molecule has 0 aliphatic carbocycles. The molecule has 1 aromatic rings. The summed E-state index contributed by atoms with van der Waals surface area (Å²) in [5, 5.41) is 0. The maximum absolute atomic E-state index is 11.4. The van der Waals surface area contributed by atoms with Crippen molar-refractivity contribution in [2.45, 2.75) is 33.1 Å². The van der Waals surface area contributed by atoms with Crippen molar-refractivity contribution < 1.29 is 28.1 Å². The second-order valence-corrected chi connectivity index (χ2v) is 4.72. The minimum atomic E-state index is 0. The number of benzene rings is 1. The largest absolute Gasteiger partial charge is 0.496 e. The minimum absolute atomic E-state index is 0. The van der Waals surface area contributed by atoms with Gasteiger partial charge in [-0.2, -0.15) is 0 Å². The monoisotopic (exact) mass is 268 g/mol. The van der Waals surface area contributed by atoms with Crippen molar-refractivity contribution in [3.8, 4) is 5.75 Å².